The van der Waals surface area contributed by atoms with Gasteiger partial charge in [-0.3, -0.25) is 4.79 Å². The summed E-state index contributed by atoms with van der Waals surface area (Å²) in [6.45, 7) is 2.31. The second kappa shape index (κ2) is 6.38. The maximum absolute atomic E-state index is 12.5. The van der Waals surface area contributed by atoms with E-state index in [0.717, 1.165) is 11.3 Å². The van der Waals surface area contributed by atoms with Gasteiger partial charge in [-0.2, -0.15) is 0 Å². The highest BCUT2D eigenvalue weighted by molar-refractivity contribution is 7.12. The molecular formula is C16H16N2OS. The van der Waals surface area contributed by atoms with Crippen LogP contribution in [-0.4, -0.2) is 19.5 Å². The fourth-order valence-corrected chi connectivity index (χ4v) is 2.58. The number of hydrogen-bond donors (Lipinski definition) is 1. The Morgan fingerprint density at radius 1 is 1.30 bits per heavy atom. The van der Waals surface area contributed by atoms with E-state index in [4.69, 9.17) is 5.73 Å². The monoisotopic (exact) mass is 284 g/mol. The quantitative estimate of drug-likeness (QED) is 0.862. The summed E-state index contributed by atoms with van der Waals surface area (Å²) in [5.41, 5.74) is 8.15. The molecule has 2 rings (SSSR count). The Kier molecular flexibility index (Phi) is 4.57. The van der Waals surface area contributed by atoms with Gasteiger partial charge in [0.2, 0.25) is 0 Å². The maximum Gasteiger partial charge on any atom is 0.269 e. The third-order valence-electron chi connectivity index (χ3n) is 2.91. The van der Waals surface area contributed by atoms with Gasteiger partial charge in [0.1, 0.15) is 4.88 Å². The average molecular weight is 284 g/mol. The SMILES string of the molecule is Cc1ccc(N(C)C(=O)c2sccc2C#CCN)cc1. The zero-order valence-electron chi connectivity index (χ0n) is 11.5. The van der Waals surface area contributed by atoms with Crippen molar-refractivity contribution in [3.63, 3.8) is 0 Å². The number of carbonyl (C=O) groups is 1. The fraction of sp³-hybridized carbons (Fsp3) is 0.188. The predicted molar refractivity (Wildman–Crippen MR) is 84.2 cm³/mol. The van der Waals surface area contributed by atoms with Crippen LogP contribution in [0.3, 0.4) is 0 Å². The summed E-state index contributed by atoms with van der Waals surface area (Å²) >= 11 is 1.40. The molecule has 0 aliphatic heterocycles. The van der Waals surface area contributed by atoms with Gasteiger partial charge in [0.05, 0.1) is 6.54 Å². The molecule has 4 heteroatoms. The molecule has 0 spiro atoms. The Morgan fingerprint density at radius 2 is 2.00 bits per heavy atom. The Labute approximate surface area is 123 Å². The zero-order valence-corrected chi connectivity index (χ0v) is 12.3. The highest BCUT2D eigenvalue weighted by Gasteiger charge is 2.17. The van der Waals surface area contributed by atoms with E-state index in [-0.39, 0.29) is 12.5 Å². The molecule has 0 atom stereocenters. The van der Waals surface area contributed by atoms with Crippen LogP contribution in [0, 0.1) is 18.8 Å². The van der Waals surface area contributed by atoms with Gasteiger partial charge >= 0.3 is 0 Å². The molecular weight excluding hydrogens is 268 g/mol. The summed E-state index contributed by atoms with van der Waals surface area (Å²) in [4.78, 5) is 14.8. The number of thiophene rings is 1. The Bertz CT molecular complexity index is 662. The molecule has 3 nitrogen and oxygen atoms in total. The first-order valence-electron chi connectivity index (χ1n) is 6.24. The molecule has 102 valence electrons. The van der Waals surface area contributed by atoms with Crippen LogP contribution < -0.4 is 10.6 Å². The van der Waals surface area contributed by atoms with Gasteiger partial charge in [0.15, 0.2) is 0 Å². The number of amides is 1. The lowest BCUT2D eigenvalue weighted by molar-refractivity contribution is 0.0996. The number of hydrogen-bond acceptors (Lipinski definition) is 3. The second-order valence-electron chi connectivity index (χ2n) is 4.37. The van der Waals surface area contributed by atoms with Crippen molar-refractivity contribution in [3.05, 3.63) is 51.7 Å². The van der Waals surface area contributed by atoms with E-state index < -0.39 is 0 Å². The van der Waals surface area contributed by atoms with Crippen molar-refractivity contribution in [1.29, 1.82) is 0 Å². The molecule has 1 aromatic carbocycles. The summed E-state index contributed by atoms with van der Waals surface area (Å²) in [6.07, 6.45) is 0. The molecule has 0 aliphatic rings. The fourth-order valence-electron chi connectivity index (χ4n) is 1.76. The van der Waals surface area contributed by atoms with Crippen molar-refractivity contribution in [3.8, 4) is 11.8 Å². The standard InChI is InChI=1S/C16H16N2OS/c1-12-5-7-14(8-6-12)18(2)16(19)15-13(4-3-10-17)9-11-20-15/h5-9,11H,10,17H2,1-2H3. The number of nitrogens with two attached hydrogens (primary N) is 1. The molecule has 0 saturated carbocycles. The summed E-state index contributed by atoms with van der Waals surface area (Å²) in [5.74, 6) is 5.67. The van der Waals surface area contributed by atoms with Crippen LogP contribution in [0.25, 0.3) is 0 Å². The van der Waals surface area contributed by atoms with Crippen LogP contribution in [0.2, 0.25) is 0 Å². The first-order chi connectivity index (χ1) is 9.63. The van der Waals surface area contributed by atoms with Gasteiger partial charge in [0, 0.05) is 18.3 Å². The number of carbonyl (C=O) groups excluding carboxylic acids is 1. The molecule has 2 aromatic rings. The molecule has 20 heavy (non-hydrogen) atoms. The number of nitrogens with zero attached hydrogens (tertiary/aromatic N) is 1. The molecule has 1 aromatic heterocycles. The smallest absolute Gasteiger partial charge is 0.269 e. The first-order valence-corrected chi connectivity index (χ1v) is 7.12. The minimum Gasteiger partial charge on any atom is -0.320 e. The number of rotatable bonds is 2. The lowest BCUT2D eigenvalue weighted by atomic mass is 10.2. The van der Waals surface area contributed by atoms with Crippen LogP contribution in [0.15, 0.2) is 35.7 Å². The molecule has 2 N–H and O–H groups in total. The minimum absolute atomic E-state index is 0.0508. The van der Waals surface area contributed by atoms with Gasteiger partial charge in [-0.1, -0.05) is 29.5 Å². The van der Waals surface area contributed by atoms with E-state index in [1.54, 1.807) is 11.9 Å². The molecule has 0 bridgehead atoms. The number of aryl methyl sites for hydroxylation is 1. The number of anilines is 1. The Balaban J connectivity index is 2.27. The Hall–Kier alpha value is -2.09. The van der Waals surface area contributed by atoms with E-state index >= 15 is 0 Å². The average Bonchev–Trinajstić information content (AvgIpc) is 2.92. The van der Waals surface area contributed by atoms with Gasteiger partial charge < -0.3 is 10.6 Å². The highest BCUT2D eigenvalue weighted by Crippen LogP contribution is 2.21. The normalized spacial score (nSPS) is 9.75. The second-order valence-corrected chi connectivity index (χ2v) is 5.29. The van der Waals surface area contributed by atoms with Crippen molar-refractivity contribution in [2.45, 2.75) is 6.92 Å². The van der Waals surface area contributed by atoms with E-state index in [9.17, 15) is 4.79 Å². The van der Waals surface area contributed by atoms with Gasteiger partial charge in [-0.25, -0.2) is 0 Å². The first kappa shape index (κ1) is 14.3. The van der Waals surface area contributed by atoms with E-state index in [0.29, 0.717) is 4.88 Å². The molecule has 0 fully saturated rings. The van der Waals surface area contributed by atoms with Crippen LogP contribution >= 0.6 is 11.3 Å². The lowest BCUT2D eigenvalue weighted by Crippen LogP contribution is -2.25. The van der Waals surface area contributed by atoms with Crippen molar-refractivity contribution < 1.29 is 4.79 Å². The summed E-state index contributed by atoms with van der Waals surface area (Å²) in [7, 11) is 1.77. The predicted octanol–water partition coefficient (Wildman–Crippen LogP) is 2.64. The van der Waals surface area contributed by atoms with E-state index in [1.165, 1.54) is 16.9 Å². The van der Waals surface area contributed by atoms with Gasteiger partial charge in [-0.15, -0.1) is 11.3 Å². The topological polar surface area (TPSA) is 46.3 Å². The van der Waals surface area contributed by atoms with E-state index in [1.807, 2.05) is 42.6 Å². The van der Waals surface area contributed by atoms with Crippen molar-refractivity contribution in [1.82, 2.24) is 0 Å². The molecule has 0 unspecified atom stereocenters. The van der Waals surface area contributed by atoms with Crippen LogP contribution in [0.4, 0.5) is 5.69 Å². The van der Waals surface area contributed by atoms with Crippen LogP contribution in [0.1, 0.15) is 20.8 Å². The summed E-state index contributed by atoms with van der Waals surface area (Å²) in [6, 6.07) is 9.70. The molecule has 0 aliphatic carbocycles. The molecule has 0 radical (unpaired) electrons. The van der Waals surface area contributed by atoms with Crippen LogP contribution in [-0.2, 0) is 0 Å². The summed E-state index contributed by atoms with van der Waals surface area (Å²) in [5, 5.41) is 1.87. The lowest BCUT2D eigenvalue weighted by Gasteiger charge is -2.17. The van der Waals surface area contributed by atoms with Crippen LogP contribution in [0.5, 0.6) is 0 Å². The van der Waals surface area contributed by atoms with Crippen molar-refractivity contribution >= 4 is 22.9 Å². The summed E-state index contributed by atoms with van der Waals surface area (Å²) < 4.78 is 0. The number of benzene rings is 1. The third-order valence-corrected chi connectivity index (χ3v) is 3.81. The molecule has 0 saturated heterocycles. The van der Waals surface area contributed by atoms with Crippen molar-refractivity contribution in [2.24, 2.45) is 5.73 Å². The Morgan fingerprint density at radius 3 is 2.65 bits per heavy atom. The van der Waals surface area contributed by atoms with Crippen molar-refractivity contribution in [2.75, 3.05) is 18.5 Å². The molecule has 1 heterocycles. The van der Waals surface area contributed by atoms with Gasteiger partial charge in [-0.05, 0) is 30.5 Å². The van der Waals surface area contributed by atoms with Gasteiger partial charge in [0.25, 0.3) is 5.91 Å². The molecule has 1 amide bonds. The van der Waals surface area contributed by atoms with E-state index in [2.05, 4.69) is 11.8 Å². The highest BCUT2D eigenvalue weighted by atomic mass is 32.1. The zero-order chi connectivity index (χ0) is 14.5. The third kappa shape index (κ3) is 3.08. The largest absolute Gasteiger partial charge is 0.320 e. The maximum atomic E-state index is 12.5. The minimum atomic E-state index is -0.0508.